The van der Waals surface area contributed by atoms with Crippen molar-refractivity contribution >= 4 is 19.8 Å². The van der Waals surface area contributed by atoms with Crippen LogP contribution in [0.4, 0.5) is 0 Å². The van der Waals surface area contributed by atoms with Gasteiger partial charge in [0.2, 0.25) is 0 Å². The zero-order chi connectivity index (χ0) is 64.1. The molecule has 0 aliphatic carbocycles. The molecular weight excluding hydrogens is 1110 g/mol. The number of phosphoric ester groups is 1. The van der Waals surface area contributed by atoms with E-state index in [4.69, 9.17) is 18.5 Å². The molecule has 500 valence electrons. The zero-order valence-electron chi connectivity index (χ0n) is 56.9. The van der Waals surface area contributed by atoms with Gasteiger partial charge in [0.05, 0.1) is 27.7 Å². The Bertz CT molecular complexity index is 2040. The molecule has 0 aromatic rings. The van der Waals surface area contributed by atoms with Crippen LogP contribution < -0.4 is 0 Å². The summed E-state index contributed by atoms with van der Waals surface area (Å²) in [5, 5.41) is 0. The lowest BCUT2D eigenvalue weighted by Gasteiger charge is -2.24. The van der Waals surface area contributed by atoms with Crippen molar-refractivity contribution in [2.45, 2.75) is 277 Å². The first-order chi connectivity index (χ1) is 43.0. The number of carbonyl (C=O) groups excluding carboxylic acids is 2. The van der Waals surface area contributed by atoms with Gasteiger partial charge < -0.3 is 18.9 Å². The van der Waals surface area contributed by atoms with Gasteiger partial charge in [0.1, 0.15) is 19.8 Å². The number of quaternary nitrogens is 1. The van der Waals surface area contributed by atoms with E-state index in [1.807, 2.05) is 21.1 Å². The summed E-state index contributed by atoms with van der Waals surface area (Å²) in [6.07, 6.45) is 101. The largest absolute Gasteiger partial charge is 0.472 e. The average Bonchev–Trinajstić information content (AvgIpc) is 3.58. The lowest BCUT2D eigenvalue weighted by atomic mass is 10.0. The van der Waals surface area contributed by atoms with Crippen molar-refractivity contribution < 1.29 is 42.1 Å². The number of rotatable bonds is 63. The van der Waals surface area contributed by atoms with Crippen LogP contribution in [-0.2, 0) is 32.7 Å². The maximum atomic E-state index is 12.9. The molecule has 0 aliphatic heterocycles. The third-order valence-corrected chi connectivity index (χ3v) is 15.5. The number of unbranched alkanes of at least 4 members (excludes halogenated alkanes) is 23. The number of likely N-dealkylation sites (N-methyl/N-ethyl adjacent to an activating group) is 1. The first-order valence-corrected chi connectivity index (χ1v) is 36.7. The molecule has 88 heavy (non-hydrogen) atoms. The predicted octanol–water partition coefficient (Wildman–Crippen LogP) is 23.2. The molecule has 0 aliphatic rings. The van der Waals surface area contributed by atoms with Crippen LogP contribution >= 0.6 is 7.82 Å². The second-order valence-electron chi connectivity index (χ2n) is 24.2. The number of allylic oxidation sites excluding steroid dienone is 26. The number of ether oxygens (including phenoxy) is 2. The molecule has 0 heterocycles. The van der Waals surface area contributed by atoms with Gasteiger partial charge in [-0.15, -0.1) is 0 Å². The van der Waals surface area contributed by atoms with Gasteiger partial charge in [0, 0.05) is 12.8 Å². The number of carbonyl (C=O) groups is 2. The topological polar surface area (TPSA) is 108 Å². The Labute approximate surface area is 541 Å². The fourth-order valence-electron chi connectivity index (χ4n) is 9.17. The molecule has 9 nitrogen and oxygen atoms in total. The smallest absolute Gasteiger partial charge is 0.462 e. The molecule has 0 aromatic heterocycles. The van der Waals surface area contributed by atoms with Crippen LogP contribution in [0, 0.1) is 0 Å². The van der Waals surface area contributed by atoms with E-state index in [9.17, 15) is 19.0 Å². The Morgan fingerprint density at radius 3 is 0.977 bits per heavy atom. The minimum atomic E-state index is -4.41. The Morgan fingerprint density at radius 2 is 0.648 bits per heavy atom. The van der Waals surface area contributed by atoms with Crippen LogP contribution in [0.3, 0.4) is 0 Å². The number of hydrogen-bond acceptors (Lipinski definition) is 7. The molecule has 0 rings (SSSR count). The third-order valence-electron chi connectivity index (χ3n) is 14.5. The fourth-order valence-corrected chi connectivity index (χ4v) is 9.91. The summed E-state index contributed by atoms with van der Waals surface area (Å²) < 4.78 is 34.7. The van der Waals surface area contributed by atoms with E-state index >= 15 is 0 Å². The van der Waals surface area contributed by atoms with E-state index in [-0.39, 0.29) is 32.0 Å². The van der Waals surface area contributed by atoms with Gasteiger partial charge in [0.25, 0.3) is 0 Å². The van der Waals surface area contributed by atoms with Crippen molar-refractivity contribution in [2.75, 3.05) is 47.5 Å². The van der Waals surface area contributed by atoms with Crippen molar-refractivity contribution in [3.05, 3.63) is 158 Å². The van der Waals surface area contributed by atoms with Crippen molar-refractivity contribution in [1.82, 2.24) is 0 Å². The standard InChI is InChI=1S/C78H130NO8P/c1-6-8-10-12-14-16-18-20-22-24-26-28-30-31-32-33-34-35-36-37-38-39-40-41-42-43-44-45-46-47-49-51-53-55-57-59-61-63-65-67-69-71-78(81)87-76(75-86-88(82,83)85-73-72-79(3,4)5)74-84-77(80)70-68-66-64-62-60-58-56-54-52-50-48-29-27-25-23-21-19-17-15-13-11-9-7-2/h8,10,14,16,20,22,25-28,31-32,34-35,37-38,40-41,43-44,46-47,51,53,57,59,76H,6-7,9,11-13,15,17-19,21,23-24,29-30,33,36,39,42,45,48-50,52,54-56,58,60-75H2,1-5H3/p+1/b10-8-,16-14-,22-20-,27-25-,28-26-,32-31-,35-34-,38-37-,41-40-,44-43-,47-46-,53-51-,59-57-. The molecule has 0 amide bonds. The second-order valence-corrected chi connectivity index (χ2v) is 25.6. The highest BCUT2D eigenvalue weighted by Gasteiger charge is 2.27. The van der Waals surface area contributed by atoms with Gasteiger partial charge >= 0.3 is 19.8 Å². The van der Waals surface area contributed by atoms with Crippen LogP contribution in [0.1, 0.15) is 271 Å². The summed E-state index contributed by atoms with van der Waals surface area (Å²) >= 11 is 0. The van der Waals surface area contributed by atoms with Crippen molar-refractivity contribution in [1.29, 1.82) is 0 Å². The molecule has 0 saturated carbocycles. The minimum Gasteiger partial charge on any atom is -0.462 e. The molecule has 2 unspecified atom stereocenters. The van der Waals surface area contributed by atoms with Crippen molar-refractivity contribution in [3.8, 4) is 0 Å². The van der Waals surface area contributed by atoms with Gasteiger partial charge in [-0.25, -0.2) is 4.57 Å². The lowest BCUT2D eigenvalue weighted by molar-refractivity contribution is -0.870. The molecule has 10 heteroatoms. The number of phosphoric acid groups is 1. The van der Waals surface area contributed by atoms with E-state index in [0.717, 1.165) is 122 Å². The van der Waals surface area contributed by atoms with Gasteiger partial charge in [-0.1, -0.05) is 287 Å². The Kier molecular flexibility index (Phi) is 63.7. The first kappa shape index (κ1) is 83.6. The monoisotopic (exact) mass is 1240 g/mol. The molecule has 0 saturated heterocycles. The second kappa shape index (κ2) is 67.0. The maximum Gasteiger partial charge on any atom is 0.472 e. The van der Waals surface area contributed by atoms with Crippen LogP contribution in [0.25, 0.3) is 0 Å². The van der Waals surface area contributed by atoms with Crippen LogP contribution in [-0.4, -0.2) is 74.9 Å². The first-order valence-electron chi connectivity index (χ1n) is 35.2. The SMILES string of the molecule is CC/C=C\C/C=C\C/C=C\C/C=C\C/C=C\C/C=C\C/C=C\C/C=C\C/C=C\C/C=C\C/C=C\C/C=C\CCCCCCC(=O)OC(COC(=O)CCCCCCCCCCCCC/C=C\CCCCCCCCCC)COP(=O)(O)OCC[N+](C)(C)C. The molecular formula is C78H131NO8P+. The predicted molar refractivity (Wildman–Crippen MR) is 380 cm³/mol. The van der Waals surface area contributed by atoms with Crippen LogP contribution in [0.2, 0.25) is 0 Å². The summed E-state index contributed by atoms with van der Waals surface area (Å²) in [5.74, 6) is -0.832. The average molecular weight is 1240 g/mol. The normalized spacial score (nSPS) is 14.1. The van der Waals surface area contributed by atoms with E-state index in [1.165, 1.54) is 116 Å². The highest BCUT2D eigenvalue weighted by atomic mass is 31.2. The van der Waals surface area contributed by atoms with E-state index in [1.54, 1.807) is 0 Å². The summed E-state index contributed by atoms with van der Waals surface area (Å²) in [6, 6.07) is 0. The Balaban J connectivity index is 4.17. The highest BCUT2D eigenvalue weighted by Crippen LogP contribution is 2.43. The summed E-state index contributed by atoms with van der Waals surface area (Å²) in [4.78, 5) is 35.8. The molecule has 0 bridgehead atoms. The van der Waals surface area contributed by atoms with Crippen molar-refractivity contribution in [3.63, 3.8) is 0 Å². The Hall–Kier alpha value is -4.37. The molecule has 0 aromatic carbocycles. The van der Waals surface area contributed by atoms with Gasteiger partial charge in [-0.3, -0.25) is 18.6 Å². The molecule has 0 fully saturated rings. The van der Waals surface area contributed by atoms with Gasteiger partial charge in [-0.05, 0) is 128 Å². The molecule has 2 atom stereocenters. The lowest BCUT2D eigenvalue weighted by Crippen LogP contribution is -2.37. The number of hydrogen-bond donors (Lipinski definition) is 1. The summed E-state index contributed by atoms with van der Waals surface area (Å²) in [7, 11) is 1.44. The van der Waals surface area contributed by atoms with Crippen LogP contribution in [0.5, 0.6) is 0 Å². The fraction of sp³-hybridized carbons (Fsp3) is 0.641. The minimum absolute atomic E-state index is 0.0189. The third kappa shape index (κ3) is 70.7. The van der Waals surface area contributed by atoms with E-state index < -0.39 is 26.5 Å². The number of esters is 2. The molecule has 1 N–H and O–H groups in total. The van der Waals surface area contributed by atoms with Gasteiger partial charge in [0.15, 0.2) is 6.10 Å². The molecule has 0 spiro atoms. The highest BCUT2D eigenvalue weighted by molar-refractivity contribution is 7.47. The van der Waals surface area contributed by atoms with E-state index in [0.29, 0.717) is 17.4 Å². The van der Waals surface area contributed by atoms with Gasteiger partial charge in [-0.2, -0.15) is 0 Å². The van der Waals surface area contributed by atoms with Crippen molar-refractivity contribution in [2.24, 2.45) is 0 Å². The maximum absolute atomic E-state index is 12.9. The summed E-state index contributed by atoms with van der Waals surface area (Å²) in [5.41, 5.74) is 0. The van der Waals surface area contributed by atoms with E-state index in [2.05, 4.69) is 172 Å². The van der Waals surface area contributed by atoms with Crippen LogP contribution in [0.15, 0.2) is 158 Å². The summed E-state index contributed by atoms with van der Waals surface area (Å²) in [6.45, 7) is 4.29. The molecule has 0 radical (unpaired) electrons. The number of nitrogens with zero attached hydrogens (tertiary/aromatic N) is 1. The quantitative estimate of drug-likeness (QED) is 0.0211. The Morgan fingerprint density at radius 1 is 0.364 bits per heavy atom. The zero-order valence-corrected chi connectivity index (χ0v) is 57.8.